The van der Waals surface area contributed by atoms with Crippen LogP contribution in [-0.2, 0) is 11.2 Å². The molecule has 0 unspecified atom stereocenters. The number of hydrogen-bond acceptors (Lipinski definition) is 2. The van der Waals surface area contributed by atoms with E-state index in [-0.39, 0.29) is 11.2 Å². The lowest BCUT2D eigenvalue weighted by molar-refractivity contribution is 0.194. The Morgan fingerprint density at radius 1 is 1.33 bits per heavy atom. The molecule has 2 nitrogen and oxygen atoms in total. The number of benzene rings is 1. The van der Waals surface area contributed by atoms with E-state index in [9.17, 15) is 4.39 Å². The lowest BCUT2D eigenvalue weighted by Gasteiger charge is -2.26. The molecule has 0 fully saturated rings. The molecule has 1 N–H and O–H groups in total. The van der Waals surface area contributed by atoms with Crippen molar-refractivity contribution in [3.63, 3.8) is 0 Å². The molecule has 1 aromatic rings. The smallest absolute Gasteiger partial charge is 0.123 e. The number of nitrogens with one attached hydrogen (secondary N) is 1. The van der Waals surface area contributed by atoms with E-state index in [1.807, 2.05) is 13.0 Å². The van der Waals surface area contributed by atoms with Gasteiger partial charge in [-0.3, -0.25) is 0 Å². The maximum Gasteiger partial charge on any atom is 0.123 e. The first-order valence-electron chi connectivity index (χ1n) is 6.39. The molecule has 1 aromatic carbocycles. The molecule has 0 radical (unpaired) electrons. The second-order valence-electron chi connectivity index (χ2n) is 5.58. The Morgan fingerprint density at radius 2 is 2.06 bits per heavy atom. The molecule has 18 heavy (non-hydrogen) atoms. The Bertz CT molecular complexity index is 377. The summed E-state index contributed by atoms with van der Waals surface area (Å²) in [5.74, 6) is -0.160. The van der Waals surface area contributed by atoms with Crippen LogP contribution in [0.5, 0.6) is 0 Å². The molecule has 0 spiro atoms. The minimum Gasteiger partial charge on any atom is -0.383 e. The second kappa shape index (κ2) is 6.86. The third-order valence-electron chi connectivity index (χ3n) is 3.06. The first kappa shape index (κ1) is 15.1. The normalized spacial score (nSPS) is 11.8. The predicted octanol–water partition coefficient (Wildman–Crippen LogP) is 2.94. The maximum absolute atomic E-state index is 13.0. The number of aryl methyl sites for hydroxylation is 1. The molecule has 0 bridgehead atoms. The monoisotopic (exact) mass is 253 g/mol. The average Bonchev–Trinajstić information content (AvgIpc) is 2.28. The van der Waals surface area contributed by atoms with Crippen LogP contribution in [0.1, 0.15) is 25.0 Å². The molecule has 1 rings (SSSR count). The average molecular weight is 253 g/mol. The van der Waals surface area contributed by atoms with Crippen LogP contribution in [0.2, 0.25) is 0 Å². The van der Waals surface area contributed by atoms with Gasteiger partial charge in [0.05, 0.1) is 6.61 Å². The molecule has 0 aliphatic carbocycles. The zero-order chi connectivity index (χ0) is 13.6. The van der Waals surface area contributed by atoms with Crippen LogP contribution in [0.4, 0.5) is 4.39 Å². The van der Waals surface area contributed by atoms with Gasteiger partial charge in [-0.2, -0.15) is 0 Å². The molecule has 0 aliphatic rings. The van der Waals surface area contributed by atoms with E-state index in [1.165, 1.54) is 11.6 Å². The van der Waals surface area contributed by atoms with Crippen LogP contribution in [0.15, 0.2) is 18.2 Å². The third kappa shape index (κ3) is 5.15. The van der Waals surface area contributed by atoms with Crippen molar-refractivity contribution in [2.45, 2.75) is 27.2 Å². The van der Waals surface area contributed by atoms with E-state index < -0.39 is 0 Å². The van der Waals surface area contributed by atoms with Gasteiger partial charge in [-0.15, -0.1) is 0 Å². The minimum atomic E-state index is -0.160. The summed E-state index contributed by atoms with van der Waals surface area (Å²) in [6.45, 7) is 8.92. The zero-order valence-corrected chi connectivity index (χ0v) is 11.8. The number of rotatable bonds is 7. The fourth-order valence-electron chi connectivity index (χ4n) is 2.04. The van der Waals surface area contributed by atoms with E-state index in [2.05, 4.69) is 19.2 Å². The molecule has 0 saturated carbocycles. The van der Waals surface area contributed by atoms with E-state index in [0.29, 0.717) is 0 Å². The fourth-order valence-corrected chi connectivity index (χ4v) is 2.04. The molecular weight excluding hydrogens is 229 g/mol. The summed E-state index contributed by atoms with van der Waals surface area (Å²) in [6, 6.07) is 5.03. The zero-order valence-electron chi connectivity index (χ0n) is 11.8. The van der Waals surface area contributed by atoms with Crippen LogP contribution in [0, 0.1) is 18.2 Å². The summed E-state index contributed by atoms with van der Waals surface area (Å²) in [7, 11) is 1.70. The van der Waals surface area contributed by atoms with Gasteiger partial charge in [0.25, 0.3) is 0 Å². The van der Waals surface area contributed by atoms with Gasteiger partial charge >= 0.3 is 0 Å². The number of hydrogen-bond donors (Lipinski definition) is 1. The van der Waals surface area contributed by atoms with E-state index in [0.717, 1.165) is 31.7 Å². The highest BCUT2D eigenvalue weighted by molar-refractivity contribution is 5.27. The van der Waals surface area contributed by atoms with Crippen molar-refractivity contribution in [3.8, 4) is 0 Å². The van der Waals surface area contributed by atoms with Gasteiger partial charge in [0.15, 0.2) is 0 Å². The molecule has 102 valence electrons. The standard InChI is InChI=1S/C15H24FNO/c1-12-9-14(16)6-5-13(12)10-15(2,3)11-17-7-8-18-4/h5-6,9,17H,7-8,10-11H2,1-4H3. The van der Waals surface area contributed by atoms with Crippen LogP contribution in [-0.4, -0.2) is 26.8 Å². The molecule has 0 aromatic heterocycles. The summed E-state index contributed by atoms with van der Waals surface area (Å²) in [5, 5.41) is 3.38. The van der Waals surface area contributed by atoms with Crippen molar-refractivity contribution < 1.29 is 9.13 Å². The van der Waals surface area contributed by atoms with Crippen molar-refractivity contribution in [3.05, 3.63) is 35.1 Å². The molecule has 0 amide bonds. The predicted molar refractivity (Wildman–Crippen MR) is 73.4 cm³/mol. The Balaban J connectivity index is 2.53. The van der Waals surface area contributed by atoms with Gasteiger partial charge in [0.2, 0.25) is 0 Å². The summed E-state index contributed by atoms with van der Waals surface area (Å²) in [4.78, 5) is 0. The highest BCUT2D eigenvalue weighted by atomic mass is 19.1. The largest absolute Gasteiger partial charge is 0.383 e. The van der Waals surface area contributed by atoms with Gasteiger partial charge in [-0.25, -0.2) is 4.39 Å². The van der Waals surface area contributed by atoms with Crippen molar-refractivity contribution in [1.29, 1.82) is 0 Å². The summed E-state index contributed by atoms with van der Waals surface area (Å²) >= 11 is 0. The van der Waals surface area contributed by atoms with Crippen LogP contribution in [0.3, 0.4) is 0 Å². The number of halogens is 1. The van der Waals surface area contributed by atoms with Gasteiger partial charge < -0.3 is 10.1 Å². The number of ether oxygens (including phenoxy) is 1. The van der Waals surface area contributed by atoms with Gasteiger partial charge in [0, 0.05) is 20.2 Å². The Morgan fingerprint density at radius 3 is 2.67 bits per heavy atom. The first-order valence-corrected chi connectivity index (χ1v) is 6.39. The van der Waals surface area contributed by atoms with E-state index in [4.69, 9.17) is 4.74 Å². The summed E-state index contributed by atoms with van der Waals surface area (Å²) in [6.07, 6.45) is 0.944. The highest BCUT2D eigenvalue weighted by Crippen LogP contribution is 2.23. The van der Waals surface area contributed by atoms with Crippen molar-refractivity contribution in [1.82, 2.24) is 5.32 Å². The Hall–Kier alpha value is -0.930. The lowest BCUT2D eigenvalue weighted by Crippen LogP contribution is -2.33. The SMILES string of the molecule is COCCNCC(C)(C)Cc1ccc(F)cc1C. The Labute approximate surface area is 110 Å². The van der Waals surface area contributed by atoms with E-state index >= 15 is 0 Å². The van der Waals surface area contributed by atoms with Crippen LogP contribution >= 0.6 is 0 Å². The van der Waals surface area contributed by atoms with Gasteiger partial charge in [0.1, 0.15) is 5.82 Å². The number of methoxy groups -OCH3 is 1. The van der Waals surface area contributed by atoms with Gasteiger partial charge in [-0.1, -0.05) is 19.9 Å². The Kier molecular flexibility index (Phi) is 5.76. The van der Waals surface area contributed by atoms with Crippen molar-refractivity contribution in [2.24, 2.45) is 5.41 Å². The highest BCUT2D eigenvalue weighted by Gasteiger charge is 2.19. The summed E-state index contributed by atoms with van der Waals surface area (Å²) < 4.78 is 18.0. The fraction of sp³-hybridized carbons (Fsp3) is 0.600. The molecule has 0 heterocycles. The molecule has 0 saturated heterocycles. The summed E-state index contributed by atoms with van der Waals surface area (Å²) in [5.41, 5.74) is 2.39. The topological polar surface area (TPSA) is 21.3 Å². The quantitative estimate of drug-likeness (QED) is 0.754. The molecule has 3 heteroatoms. The van der Waals surface area contributed by atoms with Crippen LogP contribution < -0.4 is 5.32 Å². The maximum atomic E-state index is 13.0. The molecule has 0 atom stereocenters. The van der Waals surface area contributed by atoms with E-state index in [1.54, 1.807) is 13.2 Å². The minimum absolute atomic E-state index is 0.149. The third-order valence-corrected chi connectivity index (χ3v) is 3.06. The lowest BCUT2D eigenvalue weighted by atomic mass is 9.84. The first-order chi connectivity index (χ1) is 8.44. The second-order valence-corrected chi connectivity index (χ2v) is 5.58. The molecular formula is C15H24FNO. The van der Waals surface area contributed by atoms with Crippen molar-refractivity contribution in [2.75, 3.05) is 26.8 Å². The van der Waals surface area contributed by atoms with Gasteiger partial charge in [-0.05, 0) is 42.0 Å². The van der Waals surface area contributed by atoms with Crippen molar-refractivity contribution >= 4 is 0 Å². The van der Waals surface area contributed by atoms with Crippen LogP contribution in [0.25, 0.3) is 0 Å². The molecule has 0 aliphatic heterocycles.